The number of nitrogens with zero attached hydrogens (tertiary/aromatic N) is 3. The van der Waals surface area contributed by atoms with Crippen LogP contribution in [0.25, 0.3) is 0 Å². The van der Waals surface area contributed by atoms with Gasteiger partial charge in [-0.3, -0.25) is 4.79 Å². The van der Waals surface area contributed by atoms with Crippen molar-refractivity contribution in [3.63, 3.8) is 0 Å². The quantitative estimate of drug-likeness (QED) is 0.789. The number of nitrogens with one attached hydrogen (secondary N) is 1. The molecule has 1 N–H and O–H groups in total. The number of halogens is 3. The summed E-state index contributed by atoms with van der Waals surface area (Å²) in [5.74, 6) is 0.379. The van der Waals surface area contributed by atoms with Crippen LogP contribution in [0.4, 0.5) is 19.0 Å². The van der Waals surface area contributed by atoms with Gasteiger partial charge in [-0.25, -0.2) is 9.97 Å². The molecule has 9 heteroatoms. The van der Waals surface area contributed by atoms with Gasteiger partial charge in [-0.1, -0.05) is 18.9 Å². The fourth-order valence-electron chi connectivity index (χ4n) is 3.05. The Morgan fingerprint density at radius 3 is 2.38 bits per heavy atom. The third kappa shape index (κ3) is 6.62. The molecule has 3 heterocycles. The number of rotatable bonds is 6. The molecule has 3 rings (SSSR count). The van der Waals surface area contributed by atoms with Gasteiger partial charge in [0.25, 0.3) is 5.91 Å². The molecule has 6 nitrogen and oxygen atoms in total. The number of pyridine rings is 2. The highest BCUT2D eigenvalue weighted by Crippen LogP contribution is 2.18. The highest BCUT2D eigenvalue weighted by Gasteiger charge is 2.28. The number of anilines is 1. The molecule has 156 valence electrons. The highest BCUT2D eigenvalue weighted by atomic mass is 19.4. The van der Waals surface area contributed by atoms with Crippen molar-refractivity contribution in [2.75, 3.05) is 24.6 Å². The summed E-state index contributed by atoms with van der Waals surface area (Å²) in [6.45, 7) is 0.891. The maximum Gasteiger partial charge on any atom is 0.422 e. The Hall–Kier alpha value is -2.84. The minimum absolute atomic E-state index is 0.188. The van der Waals surface area contributed by atoms with Crippen LogP contribution in [0.1, 0.15) is 41.6 Å². The number of aromatic nitrogens is 2. The first-order valence-electron chi connectivity index (χ1n) is 9.54. The third-order valence-corrected chi connectivity index (χ3v) is 4.57. The molecule has 0 bridgehead atoms. The number of hydrogen-bond donors (Lipinski definition) is 1. The average Bonchev–Trinajstić information content (AvgIpc) is 3.00. The van der Waals surface area contributed by atoms with E-state index in [-0.39, 0.29) is 17.4 Å². The molecule has 29 heavy (non-hydrogen) atoms. The number of carbonyl (C=O) groups is 1. The average molecular weight is 408 g/mol. The molecule has 1 aliphatic heterocycles. The van der Waals surface area contributed by atoms with Gasteiger partial charge in [-0.05, 0) is 30.5 Å². The van der Waals surface area contributed by atoms with Crippen molar-refractivity contribution < 1.29 is 22.7 Å². The Bertz CT molecular complexity index is 787. The lowest BCUT2D eigenvalue weighted by molar-refractivity contribution is -0.154. The van der Waals surface area contributed by atoms with Gasteiger partial charge >= 0.3 is 6.18 Å². The fourth-order valence-corrected chi connectivity index (χ4v) is 3.05. The largest absolute Gasteiger partial charge is 0.468 e. The van der Waals surface area contributed by atoms with E-state index >= 15 is 0 Å². The zero-order valence-electron chi connectivity index (χ0n) is 15.9. The second-order valence-electron chi connectivity index (χ2n) is 6.90. The summed E-state index contributed by atoms with van der Waals surface area (Å²) in [5, 5.41) is 2.75. The van der Waals surface area contributed by atoms with Crippen LogP contribution < -0.4 is 15.0 Å². The Labute approximate surface area is 167 Å². The topological polar surface area (TPSA) is 67.4 Å². The second-order valence-corrected chi connectivity index (χ2v) is 6.90. The standard InChI is InChI=1S/C20H23F3N4O2/c21-20(22,23)14-29-18-8-6-16(13-25-18)19(28)26-12-15-5-7-17(24-11-15)27-9-3-1-2-4-10-27/h5-8,11,13H,1-4,9-10,12,14H2,(H,26,28). The summed E-state index contributed by atoms with van der Waals surface area (Å²) in [6, 6.07) is 6.49. The summed E-state index contributed by atoms with van der Waals surface area (Å²) < 4.78 is 40.9. The molecule has 2 aromatic heterocycles. The van der Waals surface area contributed by atoms with Crippen molar-refractivity contribution in [3.8, 4) is 5.88 Å². The molecule has 1 fully saturated rings. The first kappa shape index (κ1) is 20.9. The molecule has 0 aliphatic carbocycles. The number of ether oxygens (including phenoxy) is 1. The molecule has 2 aromatic rings. The molecule has 0 atom stereocenters. The summed E-state index contributed by atoms with van der Waals surface area (Å²) in [5.41, 5.74) is 1.09. The van der Waals surface area contributed by atoms with Gasteiger partial charge < -0.3 is 15.0 Å². The van der Waals surface area contributed by atoms with E-state index in [1.165, 1.54) is 44.0 Å². The van der Waals surface area contributed by atoms with E-state index in [9.17, 15) is 18.0 Å². The molecular formula is C20H23F3N4O2. The van der Waals surface area contributed by atoms with Crippen molar-refractivity contribution in [1.29, 1.82) is 0 Å². The molecule has 1 aliphatic rings. The summed E-state index contributed by atoms with van der Waals surface area (Å²) in [7, 11) is 0. The number of alkyl halides is 3. The molecule has 0 spiro atoms. The van der Waals surface area contributed by atoms with Crippen LogP contribution in [0.5, 0.6) is 5.88 Å². The number of amides is 1. The molecule has 0 aromatic carbocycles. The van der Waals surface area contributed by atoms with E-state index < -0.39 is 12.8 Å². The van der Waals surface area contributed by atoms with E-state index in [2.05, 4.69) is 24.9 Å². The molecule has 0 saturated carbocycles. The highest BCUT2D eigenvalue weighted by molar-refractivity contribution is 5.93. The normalized spacial score (nSPS) is 14.9. The smallest absolute Gasteiger partial charge is 0.422 e. The van der Waals surface area contributed by atoms with Gasteiger partial charge in [0.2, 0.25) is 5.88 Å². The van der Waals surface area contributed by atoms with Crippen molar-refractivity contribution in [2.45, 2.75) is 38.4 Å². The maximum atomic E-state index is 12.2. The lowest BCUT2D eigenvalue weighted by Crippen LogP contribution is -2.25. The maximum absolute atomic E-state index is 12.2. The monoisotopic (exact) mass is 408 g/mol. The Morgan fingerprint density at radius 2 is 1.79 bits per heavy atom. The van der Waals surface area contributed by atoms with Crippen molar-refractivity contribution in [1.82, 2.24) is 15.3 Å². The Kier molecular flexibility index (Phi) is 6.90. The van der Waals surface area contributed by atoms with E-state index in [1.54, 1.807) is 6.20 Å². The van der Waals surface area contributed by atoms with Crippen LogP contribution in [0, 0.1) is 0 Å². The van der Waals surface area contributed by atoms with Crippen LogP contribution in [-0.2, 0) is 6.54 Å². The zero-order valence-corrected chi connectivity index (χ0v) is 15.9. The number of carbonyl (C=O) groups excluding carboxylic acids is 1. The van der Waals surface area contributed by atoms with Crippen LogP contribution in [0.3, 0.4) is 0 Å². The van der Waals surface area contributed by atoms with E-state index in [0.29, 0.717) is 6.54 Å². The lowest BCUT2D eigenvalue weighted by Gasteiger charge is -2.21. The van der Waals surface area contributed by atoms with E-state index in [0.717, 1.165) is 24.5 Å². The minimum atomic E-state index is -4.44. The molecule has 0 radical (unpaired) electrons. The molecular weight excluding hydrogens is 385 g/mol. The van der Waals surface area contributed by atoms with Gasteiger partial charge in [-0.2, -0.15) is 13.2 Å². The van der Waals surface area contributed by atoms with E-state index in [1.807, 2.05) is 12.1 Å². The van der Waals surface area contributed by atoms with Gasteiger partial charge in [-0.15, -0.1) is 0 Å². The second kappa shape index (κ2) is 9.58. The molecule has 1 amide bonds. The van der Waals surface area contributed by atoms with Crippen LogP contribution in [0.2, 0.25) is 0 Å². The zero-order chi connectivity index (χ0) is 20.7. The van der Waals surface area contributed by atoms with Crippen LogP contribution >= 0.6 is 0 Å². The van der Waals surface area contributed by atoms with Gasteiger partial charge in [0, 0.05) is 38.1 Å². The first-order valence-corrected chi connectivity index (χ1v) is 9.54. The van der Waals surface area contributed by atoms with Crippen molar-refractivity contribution >= 4 is 11.7 Å². The molecule has 1 saturated heterocycles. The molecule has 0 unspecified atom stereocenters. The van der Waals surface area contributed by atoms with Gasteiger partial charge in [0.1, 0.15) is 5.82 Å². The predicted octanol–water partition coefficient (Wildman–Crippen LogP) is 3.73. The Balaban J connectivity index is 1.49. The Morgan fingerprint density at radius 1 is 1.03 bits per heavy atom. The van der Waals surface area contributed by atoms with Gasteiger partial charge in [0.05, 0.1) is 5.56 Å². The van der Waals surface area contributed by atoms with Crippen molar-refractivity contribution in [3.05, 3.63) is 47.8 Å². The summed E-state index contributed by atoms with van der Waals surface area (Å²) in [4.78, 5) is 22.7. The third-order valence-electron chi connectivity index (χ3n) is 4.57. The summed E-state index contributed by atoms with van der Waals surface area (Å²) in [6.07, 6.45) is 3.35. The SMILES string of the molecule is O=C(NCc1ccc(N2CCCCCC2)nc1)c1ccc(OCC(F)(F)F)nc1. The predicted molar refractivity (Wildman–Crippen MR) is 102 cm³/mol. The number of hydrogen-bond acceptors (Lipinski definition) is 5. The lowest BCUT2D eigenvalue weighted by atomic mass is 10.2. The van der Waals surface area contributed by atoms with Crippen LogP contribution in [0.15, 0.2) is 36.7 Å². The minimum Gasteiger partial charge on any atom is -0.468 e. The van der Waals surface area contributed by atoms with Crippen LogP contribution in [-0.4, -0.2) is 41.7 Å². The van der Waals surface area contributed by atoms with Crippen molar-refractivity contribution in [2.24, 2.45) is 0 Å². The van der Waals surface area contributed by atoms with Gasteiger partial charge in [0.15, 0.2) is 6.61 Å². The summed E-state index contributed by atoms with van der Waals surface area (Å²) >= 11 is 0. The fraction of sp³-hybridized carbons (Fsp3) is 0.450. The first-order chi connectivity index (χ1) is 13.9. The van der Waals surface area contributed by atoms with E-state index in [4.69, 9.17) is 0 Å².